The highest BCUT2D eigenvalue weighted by molar-refractivity contribution is 5.80. The standard InChI is InChI=1S/C21H23NO8/c1-27-11-12-28-21(26)30-17-9-7-15(8-10-17)13-18(19(23)24)22-20(25)29-14-16-5-3-2-4-6-16/h2-10,18H,11-14H2,1H3,(H,22,25)(H,23,24)/t18-/m0/s1. The summed E-state index contributed by atoms with van der Waals surface area (Å²) in [5, 5.41) is 11.7. The molecule has 0 aliphatic carbocycles. The van der Waals surface area contributed by atoms with E-state index in [1.54, 1.807) is 24.3 Å². The molecule has 0 saturated heterocycles. The first-order valence-electron chi connectivity index (χ1n) is 9.10. The van der Waals surface area contributed by atoms with Crippen LogP contribution in [-0.2, 0) is 32.0 Å². The lowest BCUT2D eigenvalue weighted by atomic mass is 10.1. The molecule has 0 aliphatic heterocycles. The number of alkyl carbamates (subject to hydrolysis) is 1. The van der Waals surface area contributed by atoms with E-state index in [2.05, 4.69) is 5.32 Å². The Balaban J connectivity index is 1.84. The molecule has 2 rings (SSSR count). The second-order valence-corrected chi connectivity index (χ2v) is 6.14. The SMILES string of the molecule is COCCOC(=O)Oc1ccc(C[C@H](NC(=O)OCc2ccccc2)C(=O)O)cc1. The van der Waals surface area contributed by atoms with Gasteiger partial charge in [-0.25, -0.2) is 14.4 Å². The van der Waals surface area contributed by atoms with Crippen molar-refractivity contribution in [1.29, 1.82) is 0 Å². The summed E-state index contributed by atoms with van der Waals surface area (Å²) in [4.78, 5) is 34.9. The number of carboxylic acid groups (broad SMARTS) is 1. The van der Waals surface area contributed by atoms with Gasteiger partial charge in [0.15, 0.2) is 0 Å². The number of benzene rings is 2. The molecular weight excluding hydrogens is 394 g/mol. The normalized spacial score (nSPS) is 11.2. The van der Waals surface area contributed by atoms with Gasteiger partial charge in [-0.3, -0.25) is 0 Å². The fourth-order valence-electron chi connectivity index (χ4n) is 2.37. The number of carboxylic acids is 1. The van der Waals surface area contributed by atoms with Crippen molar-refractivity contribution in [3.8, 4) is 5.75 Å². The number of hydrogen-bond acceptors (Lipinski definition) is 7. The Morgan fingerprint density at radius 1 is 0.933 bits per heavy atom. The summed E-state index contributed by atoms with van der Waals surface area (Å²) in [6.45, 7) is 0.358. The average molecular weight is 417 g/mol. The van der Waals surface area contributed by atoms with Gasteiger partial charge in [-0.2, -0.15) is 0 Å². The van der Waals surface area contributed by atoms with E-state index in [0.717, 1.165) is 5.56 Å². The van der Waals surface area contributed by atoms with Crippen molar-refractivity contribution in [2.45, 2.75) is 19.1 Å². The van der Waals surface area contributed by atoms with Crippen molar-refractivity contribution in [2.24, 2.45) is 0 Å². The van der Waals surface area contributed by atoms with Crippen LogP contribution in [-0.4, -0.2) is 49.7 Å². The Labute approximate surface area is 173 Å². The summed E-state index contributed by atoms with van der Waals surface area (Å²) in [7, 11) is 1.48. The quantitative estimate of drug-likeness (QED) is 0.344. The molecule has 0 spiro atoms. The van der Waals surface area contributed by atoms with Gasteiger partial charge < -0.3 is 29.4 Å². The van der Waals surface area contributed by atoms with E-state index in [1.807, 2.05) is 18.2 Å². The molecule has 1 amide bonds. The molecule has 0 aliphatic rings. The third-order valence-electron chi connectivity index (χ3n) is 3.87. The van der Waals surface area contributed by atoms with Crippen LogP contribution in [0, 0.1) is 0 Å². The Hall–Kier alpha value is -3.59. The molecule has 9 heteroatoms. The molecule has 0 unspecified atom stereocenters. The number of rotatable bonds is 10. The third kappa shape index (κ3) is 8.19. The molecule has 0 aromatic heterocycles. The lowest BCUT2D eigenvalue weighted by Crippen LogP contribution is -2.42. The van der Waals surface area contributed by atoms with Gasteiger partial charge >= 0.3 is 18.2 Å². The third-order valence-corrected chi connectivity index (χ3v) is 3.87. The van der Waals surface area contributed by atoms with E-state index in [1.165, 1.54) is 19.2 Å². The monoisotopic (exact) mass is 417 g/mol. The van der Waals surface area contributed by atoms with Crippen LogP contribution in [0.4, 0.5) is 9.59 Å². The number of nitrogens with one attached hydrogen (secondary N) is 1. The summed E-state index contributed by atoms with van der Waals surface area (Å²) in [5.41, 5.74) is 1.40. The zero-order valence-corrected chi connectivity index (χ0v) is 16.4. The van der Waals surface area contributed by atoms with E-state index in [-0.39, 0.29) is 32.0 Å². The number of carbonyl (C=O) groups excluding carboxylic acids is 2. The van der Waals surface area contributed by atoms with Crippen LogP contribution in [0.5, 0.6) is 5.75 Å². The van der Waals surface area contributed by atoms with Gasteiger partial charge in [-0.1, -0.05) is 42.5 Å². The number of amides is 1. The predicted octanol–water partition coefficient (Wildman–Crippen LogP) is 2.77. The van der Waals surface area contributed by atoms with Gasteiger partial charge in [0.2, 0.25) is 0 Å². The summed E-state index contributed by atoms with van der Waals surface area (Å²) in [5.74, 6) is -0.961. The fraction of sp³-hybridized carbons (Fsp3) is 0.286. The molecule has 0 fully saturated rings. The largest absolute Gasteiger partial charge is 0.513 e. The summed E-state index contributed by atoms with van der Waals surface area (Å²) in [6, 6.07) is 14.0. The molecule has 0 radical (unpaired) electrons. The van der Waals surface area contributed by atoms with Gasteiger partial charge in [0, 0.05) is 13.5 Å². The van der Waals surface area contributed by atoms with Crippen molar-refractivity contribution in [3.05, 3.63) is 65.7 Å². The molecule has 2 aromatic rings. The van der Waals surface area contributed by atoms with Crippen molar-refractivity contribution < 1.29 is 38.4 Å². The van der Waals surface area contributed by atoms with E-state index in [9.17, 15) is 19.5 Å². The zero-order chi connectivity index (χ0) is 21.8. The van der Waals surface area contributed by atoms with E-state index >= 15 is 0 Å². The average Bonchev–Trinajstić information content (AvgIpc) is 2.74. The Morgan fingerprint density at radius 3 is 2.27 bits per heavy atom. The van der Waals surface area contributed by atoms with Crippen molar-refractivity contribution in [2.75, 3.05) is 20.3 Å². The summed E-state index contributed by atoms with van der Waals surface area (Å²) in [6.07, 6.45) is -1.68. The van der Waals surface area contributed by atoms with E-state index in [4.69, 9.17) is 18.9 Å². The number of ether oxygens (including phenoxy) is 4. The van der Waals surface area contributed by atoms with E-state index in [0.29, 0.717) is 5.56 Å². The van der Waals surface area contributed by atoms with Crippen LogP contribution in [0.1, 0.15) is 11.1 Å². The lowest BCUT2D eigenvalue weighted by molar-refractivity contribution is -0.139. The smallest absolute Gasteiger partial charge is 0.480 e. The number of hydrogen-bond donors (Lipinski definition) is 2. The highest BCUT2D eigenvalue weighted by atomic mass is 16.7. The number of aliphatic carboxylic acids is 1. The number of carbonyl (C=O) groups is 3. The fourth-order valence-corrected chi connectivity index (χ4v) is 2.37. The van der Waals surface area contributed by atoms with Crippen LogP contribution in [0.3, 0.4) is 0 Å². The second-order valence-electron chi connectivity index (χ2n) is 6.14. The summed E-state index contributed by atoms with van der Waals surface area (Å²) < 4.78 is 19.6. The molecule has 0 heterocycles. The van der Waals surface area contributed by atoms with Gasteiger partial charge in [0.1, 0.15) is 25.0 Å². The van der Waals surface area contributed by atoms with Crippen LogP contribution < -0.4 is 10.1 Å². The Kier molecular flexibility index (Phi) is 9.14. The van der Waals surface area contributed by atoms with Crippen molar-refractivity contribution in [1.82, 2.24) is 5.32 Å². The Bertz CT molecular complexity index is 823. The molecule has 30 heavy (non-hydrogen) atoms. The van der Waals surface area contributed by atoms with Gasteiger partial charge in [-0.05, 0) is 23.3 Å². The lowest BCUT2D eigenvalue weighted by Gasteiger charge is -2.15. The molecule has 9 nitrogen and oxygen atoms in total. The summed E-state index contributed by atoms with van der Waals surface area (Å²) >= 11 is 0. The first-order valence-corrected chi connectivity index (χ1v) is 9.10. The van der Waals surface area contributed by atoms with Crippen molar-refractivity contribution in [3.63, 3.8) is 0 Å². The first kappa shape index (κ1) is 22.7. The minimum absolute atomic E-state index is 0.0222. The molecule has 2 aromatic carbocycles. The van der Waals surface area contributed by atoms with Crippen LogP contribution in [0.2, 0.25) is 0 Å². The van der Waals surface area contributed by atoms with Crippen LogP contribution >= 0.6 is 0 Å². The van der Waals surface area contributed by atoms with Gasteiger partial charge in [0.25, 0.3) is 0 Å². The molecule has 2 N–H and O–H groups in total. The predicted molar refractivity (Wildman–Crippen MR) is 105 cm³/mol. The minimum atomic E-state index is -1.20. The van der Waals surface area contributed by atoms with Gasteiger partial charge in [-0.15, -0.1) is 0 Å². The maximum Gasteiger partial charge on any atom is 0.513 e. The first-order chi connectivity index (χ1) is 14.5. The molecular formula is C21H23NO8. The minimum Gasteiger partial charge on any atom is -0.480 e. The molecule has 160 valence electrons. The highest BCUT2D eigenvalue weighted by Gasteiger charge is 2.21. The maximum atomic E-state index is 11.9. The zero-order valence-electron chi connectivity index (χ0n) is 16.4. The molecule has 1 atom stereocenters. The van der Waals surface area contributed by atoms with Crippen LogP contribution in [0.15, 0.2) is 54.6 Å². The second kappa shape index (κ2) is 12.1. The molecule has 0 bridgehead atoms. The number of methoxy groups -OCH3 is 1. The van der Waals surface area contributed by atoms with E-state index < -0.39 is 24.3 Å². The highest BCUT2D eigenvalue weighted by Crippen LogP contribution is 2.14. The Morgan fingerprint density at radius 2 is 1.63 bits per heavy atom. The van der Waals surface area contributed by atoms with Crippen LogP contribution in [0.25, 0.3) is 0 Å². The van der Waals surface area contributed by atoms with Gasteiger partial charge in [0.05, 0.1) is 6.61 Å². The topological polar surface area (TPSA) is 120 Å². The maximum absolute atomic E-state index is 11.9. The van der Waals surface area contributed by atoms with Crippen molar-refractivity contribution >= 4 is 18.2 Å². The molecule has 0 saturated carbocycles.